The van der Waals surface area contributed by atoms with Gasteiger partial charge in [-0.05, 0) is 98.1 Å². The molecule has 0 saturated heterocycles. The van der Waals surface area contributed by atoms with Crippen molar-refractivity contribution >= 4 is 5.78 Å². The highest BCUT2D eigenvalue weighted by atomic mass is 19.1. The van der Waals surface area contributed by atoms with Gasteiger partial charge in [-0.3, -0.25) is 4.79 Å². The van der Waals surface area contributed by atoms with Gasteiger partial charge in [0, 0.05) is 30.9 Å². The maximum absolute atomic E-state index is 13.4. The highest BCUT2D eigenvalue weighted by Crippen LogP contribution is 2.66. The SMILES string of the molecule is CC12CCC(=O)CC1CC[C@@H]1[C@@H]2CC[C@]2(CCOCc3cc(F)cc(F)c3)[C@@H](O)CC[C@@H]12. The first kappa shape index (κ1) is 22.5. The molecule has 4 saturated carbocycles. The Morgan fingerprint density at radius 3 is 2.59 bits per heavy atom. The molecule has 4 fully saturated rings. The van der Waals surface area contributed by atoms with E-state index in [0.717, 1.165) is 63.9 Å². The Hall–Kier alpha value is -1.33. The number of aliphatic hydroxyl groups is 1. The fraction of sp³-hybridized carbons (Fsp3) is 0.741. The summed E-state index contributed by atoms with van der Waals surface area (Å²) >= 11 is 0. The van der Waals surface area contributed by atoms with Gasteiger partial charge >= 0.3 is 0 Å². The van der Waals surface area contributed by atoms with E-state index in [1.807, 2.05) is 0 Å². The number of rotatable bonds is 5. The smallest absolute Gasteiger partial charge is 0.133 e. The van der Waals surface area contributed by atoms with Crippen molar-refractivity contribution in [2.75, 3.05) is 6.61 Å². The number of ether oxygens (including phenoxy) is 1. The Bertz CT molecular complexity index is 852. The summed E-state index contributed by atoms with van der Waals surface area (Å²) in [4.78, 5) is 12.1. The summed E-state index contributed by atoms with van der Waals surface area (Å²) in [5, 5.41) is 11.1. The van der Waals surface area contributed by atoms with Crippen molar-refractivity contribution in [1.82, 2.24) is 0 Å². The number of ketones is 1. The van der Waals surface area contributed by atoms with Gasteiger partial charge in [0.1, 0.15) is 17.4 Å². The average molecular weight is 447 g/mol. The van der Waals surface area contributed by atoms with Crippen molar-refractivity contribution in [3.63, 3.8) is 0 Å². The van der Waals surface area contributed by atoms with Crippen LogP contribution in [0.3, 0.4) is 0 Å². The Morgan fingerprint density at radius 1 is 1.03 bits per heavy atom. The molecule has 4 aliphatic rings. The van der Waals surface area contributed by atoms with E-state index in [4.69, 9.17) is 4.74 Å². The zero-order chi connectivity index (χ0) is 22.5. The van der Waals surface area contributed by atoms with Gasteiger partial charge in [0.15, 0.2) is 0 Å². The maximum atomic E-state index is 13.4. The van der Waals surface area contributed by atoms with E-state index in [-0.39, 0.29) is 23.5 Å². The van der Waals surface area contributed by atoms with E-state index >= 15 is 0 Å². The molecule has 1 aromatic rings. The van der Waals surface area contributed by atoms with Crippen LogP contribution < -0.4 is 0 Å². The molecule has 176 valence electrons. The number of carbonyl (C=O) groups excluding carboxylic acids is 1. The van der Waals surface area contributed by atoms with Crippen LogP contribution in [-0.2, 0) is 16.1 Å². The van der Waals surface area contributed by atoms with Crippen LogP contribution >= 0.6 is 0 Å². The Labute approximate surface area is 189 Å². The molecule has 0 spiro atoms. The summed E-state index contributed by atoms with van der Waals surface area (Å²) in [5.41, 5.74) is 0.682. The van der Waals surface area contributed by atoms with Gasteiger partial charge < -0.3 is 9.84 Å². The molecule has 3 nitrogen and oxygen atoms in total. The van der Waals surface area contributed by atoms with Crippen molar-refractivity contribution in [2.24, 2.45) is 34.5 Å². The zero-order valence-electron chi connectivity index (χ0n) is 19.1. The molecule has 1 aromatic carbocycles. The van der Waals surface area contributed by atoms with Crippen LogP contribution in [0.5, 0.6) is 0 Å². The summed E-state index contributed by atoms with van der Waals surface area (Å²) in [5.74, 6) is 1.63. The molecule has 0 aromatic heterocycles. The van der Waals surface area contributed by atoms with Crippen LogP contribution in [0, 0.1) is 46.1 Å². The van der Waals surface area contributed by atoms with Crippen molar-refractivity contribution in [1.29, 1.82) is 0 Å². The van der Waals surface area contributed by atoms with E-state index in [1.165, 1.54) is 18.6 Å². The van der Waals surface area contributed by atoms with Gasteiger partial charge in [-0.15, -0.1) is 0 Å². The monoisotopic (exact) mass is 446 g/mol. The summed E-state index contributed by atoms with van der Waals surface area (Å²) in [6.07, 6.45) is 9.49. The highest BCUT2D eigenvalue weighted by Gasteiger charge is 2.61. The van der Waals surface area contributed by atoms with Gasteiger partial charge in [0.05, 0.1) is 12.7 Å². The molecule has 7 atom stereocenters. The van der Waals surface area contributed by atoms with E-state index < -0.39 is 11.6 Å². The minimum absolute atomic E-state index is 0.0952. The van der Waals surface area contributed by atoms with Crippen molar-refractivity contribution in [2.45, 2.75) is 83.8 Å². The molecule has 0 heterocycles. The summed E-state index contributed by atoms with van der Waals surface area (Å²) in [6.45, 7) is 3.13. The summed E-state index contributed by atoms with van der Waals surface area (Å²) in [7, 11) is 0. The Morgan fingerprint density at radius 2 is 1.81 bits per heavy atom. The standard InChI is InChI=1S/C27H36F2O3/c1-26-8-6-21(30)14-18(26)2-3-22-23(26)7-9-27(24(22)4-5-25(27)31)10-11-32-16-17-12-19(28)15-20(29)13-17/h12-13,15,18,22-25,31H,2-11,14,16H2,1H3/t18?,22-,23+,24+,25+,26?,27-/m1/s1. The molecular weight excluding hydrogens is 410 g/mol. The zero-order valence-corrected chi connectivity index (χ0v) is 19.1. The highest BCUT2D eigenvalue weighted by molar-refractivity contribution is 5.79. The fourth-order valence-electron chi connectivity index (χ4n) is 8.45. The predicted octanol–water partition coefficient (Wildman–Crippen LogP) is 5.82. The second kappa shape index (κ2) is 8.47. The van der Waals surface area contributed by atoms with E-state index in [0.29, 0.717) is 41.6 Å². The number of carbonyl (C=O) groups is 1. The lowest BCUT2D eigenvalue weighted by molar-refractivity contribution is -0.147. The van der Waals surface area contributed by atoms with E-state index in [1.54, 1.807) is 0 Å². The van der Waals surface area contributed by atoms with Crippen LogP contribution in [0.25, 0.3) is 0 Å². The van der Waals surface area contributed by atoms with Gasteiger partial charge in [0.25, 0.3) is 0 Å². The van der Waals surface area contributed by atoms with E-state index in [9.17, 15) is 18.7 Å². The first-order valence-corrected chi connectivity index (χ1v) is 12.5. The first-order valence-electron chi connectivity index (χ1n) is 12.5. The largest absolute Gasteiger partial charge is 0.393 e. The molecule has 0 bridgehead atoms. The number of fused-ring (bicyclic) bond motifs is 5. The van der Waals surface area contributed by atoms with Gasteiger partial charge in [0.2, 0.25) is 0 Å². The number of Topliss-reactive ketones (excluding diaryl/α,β-unsaturated/α-hetero) is 1. The van der Waals surface area contributed by atoms with Crippen LogP contribution in [-0.4, -0.2) is 23.6 Å². The molecule has 5 rings (SSSR count). The van der Waals surface area contributed by atoms with E-state index in [2.05, 4.69) is 6.92 Å². The molecule has 0 radical (unpaired) electrons. The van der Waals surface area contributed by atoms with Crippen LogP contribution in [0.15, 0.2) is 18.2 Å². The van der Waals surface area contributed by atoms with Crippen molar-refractivity contribution < 1.29 is 23.4 Å². The minimum Gasteiger partial charge on any atom is -0.393 e. The van der Waals surface area contributed by atoms with Gasteiger partial charge in [-0.1, -0.05) is 6.92 Å². The summed E-state index contributed by atoms with van der Waals surface area (Å²) < 4.78 is 32.7. The third-order valence-electron chi connectivity index (χ3n) is 10.1. The lowest BCUT2D eigenvalue weighted by Gasteiger charge is -2.60. The topological polar surface area (TPSA) is 46.5 Å². The van der Waals surface area contributed by atoms with Gasteiger partial charge in [-0.2, -0.15) is 0 Å². The van der Waals surface area contributed by atoms with Crippen molar-refractivity contribution in [3.05, 3.63) is 35.4 Å². The molecule has 32 heavy (non-hydrogen) atoms. The van der Waals surface area contributed by atoms with Gasteiger partial charge in [-0.25, -0.2) is 8.78 Å². The number of benzene rings is 1. The number of hydrogen-bond acceptors (Lipinski definition) is 3. The van der Waals surface area contributed by atoms with Crippen LogP contribution in [0.1, 0.15) is 76.7 Å². The quantitative estimate of drug-likeness (QED) is 0.580. The molecule has 0 aliphatic heterocycles. The predicted molar refractivity (Wildman–Crippen MR) is 118 cm³/mol. The molecule has 2 unspecified atom stereocenters. The normalized spacial score (nSPS) is 41.1. The van der Waals surface area contributed by atoms with Crippen molar-refractivity contribution in [3.8, 4) is 0 Å². The lowest BCUT2D eigenvalue weighted by Crippen LogP contribution is -2.55. The molecule has 4 aliphatic carbocycles. The molecule has 5 heteroatoms. The number of hydrogen-bond donors (Lipinski definition) is 1. The third kappa shape index (κ3) is 3.73. The first-order chi connectivity index (χ1) is 15.3. The molecule has 1 N–H and O–H groups in total. The molecular formula is C27H36F2O3. The second-order valence-electron chi connectivity index (χ2n) is 11.3. The maximum Gasteiger partial charge on any atom is 0.133 e. The van der Waals surface area contributed by atoms with Crippen LogP contribution in [0.4, 0.5) is 8.78 Å². The minimum atomic E-state index is -0.583. The fourth-order valence-corrected chi connectivity index (χ4v) is 8.45. The Kier molecular flexibility index (Phi) is 5.94. The second-order valence-corrected chi connectivity index (χ2v) is 11.3. The number of halogens is 2. The number of aliphatic hydroxyl groups excluding tert-OH is 1. The van der Waals surface area contributed by atoms with Crippen LogP contribution in [0.2, 0.25) is 0 Å². The molecule has 0 amide bonds. The Balaban J connectivity index is 1.27. The third-order valence-corrected chi connectivity index (χ3v) is 10.1. The lowest BCUT2D eigenvalue weighted by atomic mass is 9.44. The summed E-state index contributed by atoms with van der Waals surface area (Å²) in [6, 6.07) is 3.50. The average Bonchev–Trinajstić information content (AvgIpc) is 3.08.